The molecule has 6 heteroatoms. The van der Waals surface area contributed by atoms with Crippen molar-refractivity contribution in [2.75, 3.05) is 18.5 Å². The number of nitrogens with zero attached hydrogens (tertiary/aromatic N) is 2. The van der Waals surface area contributed by atoms with Gasteiger partial charge in [0.25, 0.3) is 0 Å². The number of hydrogen-bond acceptors (Lipinski definition) is 5. The van der Waals surface area contributed by atoms with Gasteiger partial charge in [-0.3, -0.25) is 9.69 Å². The lowest BCUT2D eigenvalue weighted by atomic mass is 10.1. The van der Waals surface area contributed by atoms with E-state index in [2.05, 4.69) is 15.4 Å². The molecule has 1 aromatic carbocycles. The van der Waals surface area contributed by atoms with Gasteiger partial charge in [0.2, 0.25) is 5.91 Å². The van der Waals surface area contributed by atoms with Gasteiger partial charge < -0.3 is 14.9 Å². The zero-order valence-electron chi connectivity index (χ0n) is 13.8. The number of nitrogens with one attached hydrogen (secondary N) is 1. The first-order valence-electron chi connectivity index (χ1n) is 8.27. The van der Waals surface area contributed by atoms with Crippen LogP contribution in [0.3, 0.4) is 0 Å². The average molecular weight is 329 g/mol. The normalized spacial score (nSPS) is 15.5. The minimum absolute atomic E-state index is 0.00926. The van der Waals surface area contributed by atoms with E-state index in [1.165, 1.54) is 0 Å². The second-order valence-electron chi connectivity index (χ2n) is 6.35. The number of carbonyl (C=O) groups excluding carboxylic acids is 1. The van der Waals surface area contributed by atoms with Crippen molar-refractivity contribution in [3.05, 3.63) is 47.7 Å². The molecule has 1 aliphatic rings. The third-order valence-corrected chi connectivity index (χ3v) is 4.29. The van der Waals surface area contributed by atoms with Crippen molar-refractivity contribution < 1.29 is 14.4 Å². The molecular weight excluding hydrogens is 306 g/mol. The number of rotatable bonds is 8. The van der Waals surface area contributed by atoms with Crippen molar-refractivity contribution >= 4 is 11.7 Å². The Bertz CT molecular complexity index is 667. The summed E-state index contributed by atoms with van der Waals surface area (Å²) in [5.41, 5.74) is 1.13. The molecule has 0 saturated heterocycles. The summed E-state index contributed by atoms with van der Waals surface area (Å²) in [7, 11) is 0. The lowest BCUT2D eigenvalue weighted by molar-refractivity contribution is -0.118. The van der Waals surface area contributed by atoms with Crippen LogP contribution in [0.2, 0.25) is 0 Å². The number of aryl methyl sites for hydroxylation is 1. The number of carbonyl (C=O) groups is 1. The summed E-state index contributed by atoms with van der Waals surface area (Å²) in [5.74, 6) is 1.39. The number of amides is 1. The Hall–Kier alpha value is -2.18. The van der Waals surface area contributed by atoms with Crippen molar-refractivity contribution in [3.63, 3.8) is 0 Å². The fraction of sp³-hybridized carbons (Fsp3) is 0.444. The van der Waals surface area contributed by atoms with E-state index in [1.54, 1.807) is 13.0 Å². The fourth-order valence-corrected chi connectivity index (χ4v) is 2.94. The first kappa shape index (κ1) is 16.7. The van der Waals surface area contributed by atoms with E-state index in [0.717, 1.165) is 18.4 Å². The summed E-state index contributed by atoms with van der Waals surface area (Å²) in [4.78, 5) is 14.4. The average Bonchev–Trinajstić information content (AvgIpc) is 3.31. The molecular formula is C18H23N3O3. The molecule has 1 atom stereocenters. The largest absolute Gasteiger partial charge is 0.395 e. The van der Waals surface area contributed by atoms with Gasteiger partial charge in [-0.05, 0) is 31.2 Å². The van der Waals surface area contributed by atoms with E-state index in [1.807, 2.05) is 30.3 Å². The zero-order valence-corrected chi connectivity index (χ0v) is 13.8. The Labute approximate surface area is 141 Å². The Balaban J connectivity index is 1.67. The van der Waals surface area contributed by atoms with E-state index in [4.69, 9.17) is 4.52 Å². The topological polar surface area (TPSA) is 78.6 Å². The molecule has 0 bridgehead atoms. The minimum Gasteiger partial charge on any atom is -0.395 e. The van der Waals surface area contributed by atoms with Crippen LogP contribution in [0.15, 0.2) is 40.9 Å². The van der Waals surface area contributed by atoms with E-state index in [0.29, 0.717) is 24.0 Å². The summed E-state index contributed by atoms with van der Waals surface area (Å²) in [5, 5.41) is 16.3. The zero-order chi connectivity index (χ0) is 16.9. The summed E-state index contributed by atoms with van der Waals surface area (Å²) >= 11 is 0. The van der Waals surface area contributed by atoms with Gasteiger partial charge in [-0.2, -0.15) is 0 Å². The molecule has 24 heavy (non-hydrogen) atoms. The molecule has 2 N–H and O–H groups in total. The maximum Gasteiger partial charge on any atom is 0.239 e. The van der Waals surface area contributed by atoms with Gasteiger partial charge in [-0.15, -0.1) is 0 Å². The second-order valence-corrected chi connectivity index (χ2v) is 6.35. The number of anilines is 1. The molecule has 1 aliphatic carbocycles. The Morgan fingerprint density at radius 1 is 1.42 bits per heavy atom. The van der Waals surface area contributed by atoms with Crippen LogP contribution in [-0.4, -0.2) is 40.3 Å². The Morgan fingerprint density at radius 3 is 2.75 bits per heavy atom. The van der Waals surface area contributed by atoms with Crippen molar-refractivity contribution in [2.24, 2.45) is 5.92 Å². The van der Waals surface area contributed by atoms with E-state index in [9.17, 15) is 9.90 Å². The molecule has 6 nitrogen and oxygen atoms in total. The smallest absolute Gasteiger partial charge is 0.239 e. The number of benzene rings is 1. The van der Waals surface area contributed by atoms with Gasteiger partial charge in [-0.1, -0.05) is 35.5 Å². The number of aliphatic hydroxyl groups is 1. The predicted molar refractivity (Wildman–Crippen MR) is 90.3 cm³/mol. The first-order chi connectivity index (χ1) is 11.7. The summed E-state index contributed by atoms with van der Waals surface area (Å²) < 4.78 is 4.96. The van der Waals surface area contributed by atoms with Crippen LogP contribution in [0.4, 0.5) is 5.82 Å². The molecule has 0 radical (unpaired) electrons. The van der Waals surface area contributed by atoms with Crippen LogP contribution in [0.5, 0.6) is 0 Å². The van der Waals surface area contributed by atoms with Crippen molar-refractivity contribution in [3.8, 4) is 0 Å². The van der Waals surface area contributed by atoms with Crippen molar-refractivity contribution in [2.45, 2.75) is 32.4 Å². The summed E-state index contributed by atoms with van der Waals surface area (Å²) in [6.45, 7) is 2.68. The minimum atomic E-state index is -0.154. The van der Waals surface area contributed by atoms with Gasteiger partial charge >= 0.3 is 0 Å². The van der Waals surface area contributed by atoms with Crippen LogP contribution in [0, 0.1) is 12.8 Å². The highest BCUT2D eigenvalue weighted by Gasteiger charge is 2.35. The Morgan fingerprint density at radius 2 is 2.17 bits per heavy atom. The van der Waals surface area contributed by atoms with Gasteiger partial charge in [0.15, 0.2) is 5.82 Å². The lowest BCUT2D eigenvalue weighted by Crippen LogP contribution is -2.43. The highest BCUT2D eigenvalue weighted by Crippen LogP contribution is 2.35. The molecule has 128 valence electrons. The standard InChI is InChI=1S/C18H23N3O3/c1-13-9-17(20-24-13)19-18(23)11-21(16(12-22)15-7-8-15)10-14-5-3-2-4-6-14/h2-6,9,15-16,22H,7-8,10-12H2,1H3,(H,19,20,23). The molecule has 0 spiro atoms. The number of aromatic nitrogens is 1. The quantitative estimate of drug-likeness (QED) is 0.776. The summed E-state index contributed by atoms with van der Waals surface area (Å²) in [6.07, 6.45) is 2.22. The molecule has 1 unspecified atom stereocenters. The van der Waals surface area contributed by atoms with Crippen LogP contribution in [0.25, 0.3) is 0 Å². The molecule has 1 heterocycles. The SMILES string of the molecule is Cc1cc(NC(=O)CN(Cc2ccccc2)C(CO)C2CC2)no1. The molecule has 1 amide bonds. The Kier molecular flexibility index (Phi) is 5.27. The maximum absolute atomic E-state index is 12.4. The van der Waals surface area contributed by atoms with Crippen LogP contribution in [0.1, 0.15) is 24.2 Å². The molecule has 3 rings (SSSR count). The molecule has 1 saturated carbocycles. The van der Waals surface area contributed by atoms with Crippen LogP contribution >= 0.6 is 0 Å². The molecule has 2 aromatic rings. The van der Waals surface area contributed by atoms with Gasteiger partial charge in [0, 0.05) is 18.7 Å². The maximum atomic E-state index is 12.4. The number of aliphatic hydroxyl groups excluding tert-OH is 1. The van der Waals surface area contributed by atoms with E-state index < -0.39 is 0 Å². The van der Waals surface area contributed by atoms with Crippen LogP contribution < -0.4 is 5.32 Å². The van der Waals surface area contributed by atoms with Gasteiger partial charge in [-0.25, -0.2) is 0 Å². The van der Waals surface area contributed by atoms with Gasteiger partial charge in [0.05, 0.1) is 13.2 Å². The fourth-order valence-electron chi connectivity index (χ4n) is 2.94. The third-order valence-electron chi connectivity index (χ3n) is 4.29. The lowest BCUT2D eigenvalue weighted by Gasteiger charge is -2.30. The highest BCUT2D eigenvalue weighted by atomic mass is 16.5. The monoisotopic (exact) mass is 329 g/mol. The van der Waals surface area contributed by atoms with E-state index in [-0.39, 0.29) is 25.1 Å². The highest BCUT2D eigenvalue weighted by molar-refractivity contribution is 5.91. The first-order valence-corrected chi connectivity index (χ1v) is 8.27. The van der Waals surface area contributed by atoms with Crippen molar-refractivity contribution in [1.29, 1.82) is 0 Å². The molecule has 1 aromatic heterocycles. The number of hydrogen-bond donors (Lipinski definition) is 2. The molecule has 1 fully saturated rings. The molecule has 0 aliphatic heterocycles. The predicted octanol–water partition coefficient (Wildman–Crippen LogP) is 2.19. The van der Waals surface area contributed by atoms with E-state index >= 15 is 0 Å². The third kappa shape index (κ3) is 4.43. The second kappa shape index (κ2) is 7.59. The van der Waals surface area contributed by atoms with Crippen LogP contribution in [-0.2, 0) is 11.3 Å². The van der Waals surface area contributed by atoms with Crippen molar-refractivity contribution in [1.82, 2.24) is 10.1 Å². The summed E-state index contributed by atoms with van der Waals surface area (Å²) in [6, 6.07) is 11.7. The van der Waals surface area contributed by atoms with Gasteiger partial charge in [0.1, 0.15) is 5.76 Å².